The molecule has 1 aromatic carbocycles. The fraction of sp³-hybridized carbons (Fsp3) is 0.619. The van der Waals surface area contributed by atoms with Crippen LogP contribution in [0.4, 0.5) is 0 Å². The van der Waals surface area contributed by atoms with Crippen molar-refractivity contribution in [2.75, 3.05) is 12.4 Å². The van der Waals surface area contributed by atoms with Crippen molar-refractivity contribution in [1.82, 2.24) is 10.2 Å². The first kappa shape index (κ1) is 22.0. The minimum Gasteiger partial charge on any atom is -0.351 e. The number of nitrogens with one attached hydrogen (secondary N) is 1. The number of hydrogen-bond acceptors (Lipinski definition) is 2. The Bertz CT molecular complexity index is 621. The maximum Gasteiger partial charge on any atom is 0.247 e. The first-order valence-electron chi connectivity index (χ1n) is 9.89. The van der Waals surface area contributed by atoms with Gasteiger partial charge in [-0.25, -0.2) is 0 Å². The minimum absolute atomic E-state index is 0.134. The van der Waals surface area contributed by atoms with E-state index in [4.69, 9.17) is 23.2 Å². The summed E-state index contributed by atoms with van der Waals surface area (Å²) in [6.07, 6.45) is 6.19. The molecule has 27 heavy (non-hydrogen) atoms. The maximum absolute atomic E-state index is 13.3. The van der Waals surface area contributed by atoms with Gasteiger partial charge in [0, 0.05) is 17.6 Å². The molecule has 0 aromatic heterocycles. The molecule has 3 atom stereocenters. The largest absolute Gasteiger partial charge is 0.351 e. The zero-order valence-corrected chi connectivity index (χ0v) is 17.7. The van der Waals surface area contributed by atoms with Crippen LogP contribution in [-0.2, 0) is 9.59 Å². The van der Waals surface area contributed by atoms with Gasteiger partial charge < -0.3 is 10.2 Å². The summed E-state index contributed by atoms with van der Waals surface area (Å²) in [7, 11) is 0. The van der Waals surface area contributed by atoms with Gasteiger partial charge in [0.25, 0.3) is 0 Å². The van der Waals surface area contributed by atoms with Crippen LogP contribution >= 0.6 is 23.2 Å². The summed E-state index contributed by atoms with van der Waals surface area (Å²) in [5.74, 6) is -0.0510. The quantitative estimate of drug-likeness (QED) is 0.614. The predicted molar refractivity (Wildman–Crippen MR) is 111 cm³/mol. The highest BCUT2D eigenvalue weighted by atomic mass is 35.5. The lowest BCUT2D eigenvalue weighted by atomic mass is 9.85. The van der Waals surface area contributed by atoms with Crippen molar-refractivity contribution in [3.8, 4) is 0 Å². The normalized spacial score (nSPS) is 20.7. The first-order valence-corrected chi connectivity index (χ1v) is 10.8. The molecule has 0 heterocycles. The zero-order valence-electron chi connectivity index (χ0n) is 16.2. The van der Waals surface area contributed by atoms with Crippen LogP contribution in [0.25, 0.3) is 0 Å². The SMILES string of the molecule is CCCCN(C(=O)CCl)[C@H](C(=O)N[C@@H]1CCCC[C@H]1C)c1ccc(Cl)cc1. The average molecular weight is 413 g/mol. The number of hydrogen-bond donors (Lipinski definition) is 1. The van der Waals surface area contributed by atoms with Crippen molar-refractivity contribution < 1.29 is 9.59 Å². The van der Waals surface area contributed by atoms with Crippen molar-refractivity contribution in [3.63, 3.8) is 0 Å². The standard InChI is InChI=1S/C21H30Cl2N2O2/c1-3-4-13-25(19(26)14-22)20(16-9-11-17(23)12-10-16)21(27)24-18-8-6-5-7-15(18)2/h9-12,15,18,20H,3-8,13-14H2,1-2H3,(H,24,27)/t15-,18-,20+/m1/s1. The molecule has 1 aliphatic rings. The topological polar surface area (TPSA) is 49.4 Å². The van der Waals surface area contributed by atoms with Gasteiger partial charge in [0.1, 0.15) is 11.9 Å². The van der Waals surface area contributed by atoms with Crippen LogP contribution < -0.4 is 5.32 Å². The summed E-state index contributed by atoms with van der Waals surface area (Å²) in [6, 6.07) is 6.61. The number of nitrogens with zero attached hydrogens (tertiary/aromatic N) is 1. The Morgan fingerprint density at radius 2 is 1.89 bits per heavy atom. The molecule has 4 nitrogen and oxygen atoms in total. The van der Waals surface area contributed by atoms with Gasteiger partial charge in [-0.1, -0.05) is 56.8 Å². The lowest BCUT2D eigenvalue weighted by molar-refractivity contribution is -0.139. The third-order valence-corrected chi connectivity index (χ3v) is 5.85. The van der Waals surface area contributed by atoms with Crippen LogP contribution in [-0.4, -0.2) is 35.2 Å². The van der Waals surface area contributed by atoms with E-state index in [0.29, 0.717) is 17.5 Å². The van der Waals surface area contributed by atoms with Crippen molar-refractivity contribution in [2.24, 2.45) is 5.92 Å². The molecule has 0 radical (unpaired) electrons. The number of halogens is 2. The molecule has 6 heteroatoms. The van der Waals surface area contributed by atoms with Crippen LogP contribution in [0.5, 0.6) is 0 Å². The van der Waals surface area contributed by atoms with Gasteiger partial charge in [-0.05, 0) is 42.9 Å². The summed E-state index contributed by atoms with van der Waals surface area (Å²) < 4.78 is 0. The number of carbonyl (C=O) groups is 2. The number of carbonyl (C=O) groups excluding carboxylic acids is 2. The molecule has 1 aromatic rings. The van der Waals surface area contributed by atoms with Crippen molar-refractivity contribution in [2.45, 2.75) is 64.5 Å². The van der Waals surface area contributed by atoms with Crippen LogP contribution in [0.3, 0.4) is 0 Å². The molecular formula is C21H30Cl2N2O2. The molecule has 2 amide bonds. The van der Waals surface area contributed by atoms with E-state index in [9.17, 15) is 9.59 Å². The lowest BCUT2D eigenvalue weighted by Crippen LogP contribution is -2.49. The number of amides is 2. The summed E-state index contributed by atoms with van der Waals surface area (Å²) in [5.41, 5.74) is 0.759. The van der Waals surface area contributed by atoms with Gasteiger partial charge in [0.2, 0.25) is 11.8 Å². The zero-order chi connectivity index (χ0) is 19.8. The van der Waals surface area contributed by atoms with Crippen molar-refractivity contribution in [3.05, 3.63) is 34.9 Å². The molecular weight excluding hydrogens is 383 g/mol. The van der Waals surface area contributed by atoms with Gasteiger partial charge in [-0.3, -0.25) is 9.59 Å². The molecule has 0 spiro atoms. The summed E-state index contributed by atoms with van der Waals surface area (Å²) in [4.78, 5) is 27.4. The molecule has 150 valence electrons. The van der Waals surface area contributed by atoms with Gasteiger partial charge in [-0.2, -0.15) is 0 Å². The second-order valence-electron chi connectivity index (χ2n) is 7.41. The average Bonchev–Trinajstić information content (AvgIpc) is 2.67. The van der Waals surface area contributed by atoms with E-state index in [1.807, 2.05) is 12.1 Å². The van der Waals surface area contributed by atoms with E-state index >= 15 is 0 Å². The van der Waals surface area contributed by atoms with Gasteiger partial charge in [0.05, 0.1) is 0 Å². The van der Waals surface area contributed by atoms with Crippen LogP contribution in [0.1, 0.15) is 64.0 Å². The van der Waals surface area contributed by atoms with E-state index in [1.54, 1.807) is 17.0 Å². The Labute approximate surface area is 172 Å². The molecule has 2 rings (SSSR count). The number of rotatable bonds is 8. The summed E-state index contributed by atoms with van der Waals surface area (Å²) in [6.45, 7) is 4.74. The summed E-state index contributed by atoms with van der Waals surface area (Å²) in [5, 5.41) is 3.81. The Morgan fingerprint density at radius 1 is 1.22 bits per heavy atom. The Kier molecular flexibility index (Phi) is 8.91. The molecule has 1 N–H and O–H groups in total. The van der Waals surface area contributed by atoms with E-state index in [1.165, 1.54) is 6.42 Å². The lowest BCUT2D eigenvalue weighted by Gasteiger charge is -2.35. The highest BCUT2D eigenvalue weighted by molar-refractivity contribution is 6.30. The first-order chi connectivity index (χ1) is 13.0. The third kappa shape index (κ3) is 6.11. The van der Waals surface area contributed by atoms with E-state index in [2.05, 4.69) is 19.2 Å². The van der Waals surface area contributed by atoms with E-state index < -0.39 is 6.04 Å². The number of alkyl halides is 1. The fourth-order valence-electron chi connectivity index (χ4n) is 3.71. The molecule has 1 aliphatic carbocycles. The van der Waals surface area contributed by atoms with Gasteiger partial charge >= 0.3 is 0 Å². The van der Waals surface area contributed by atoms with Gasteiger partial charge in [-0.15, -0.1) is 11.6 Å². The highest BCUT2D eigenvalue weighted by Gasteiger charge is 2.33. The van der Waals surface area contributed by atoms with E-state index in [-0.39, 0.29) is 23.7 Å². The van der Waals surface area contributed by atoms with Crippen LogP contribution in [0.2, 0.25) is 5.02 Å². The second kappa shape index (κ2) is 10.9. The van der Waals surface area contributed by atoms with Gasteiger partial charge in [0.15, 0.2) is 0 Å². The summed E-state index contributed by atoms with van der Waals surface area (Å²) >= 11 is 11.9. The predicted octanol–water partition coefficient (Wildman–Crippen LogP) is 4.94. The van der Waals surface area contributed by atoms with E-state index in [0.717, 1.165) is 37.7 Å². The second-order valence-corrected chi connectivity index (χ2v) is 8.11. The monoisotopic (exact) mass is 412 g/mol. The molecule has 0 aliphatic heterocycles. The Morgan fingerprint density at radius 3 is 2.48 bits per heavy atom. The molecule has 1 saturated carbocycles. The number of benzene rings is 1. The third-order valence-electron chi connectivity index (χ3n) is 5.37. The molecule has 1 fully saturated rings. The van der Waals surface area contributed by atoms with Crippen LogP contribution in [0.15, 0.2) is 24.3 Å². The van der Waals surface area contributed by atoms with Crippen molar-refractivity contribution >= 4 is 35.0 Å². The smallest absolute Gasteiger partial charge is 0.247 e. The maximum atomic E-state index is 13.3. The van der Waals surface area contributed by atoms with Crippen molar-refractivity contribution in [1.29, 1.82) is 0 Å². The number of unbranched alkanes of at least 4 members (excludes halogenated alkanes) is 1. The van der Waals surface area contributed by atoms with Crippen LogP contribution in [0, 0.1) is 5.92 Å². The fourth-order valence-corrected chi connectivity index (χ4v) is 3.99. The minimum atomic E-state index is -0.686. The molecule has 0 unspecified atom stereocenters. The molecule has 0 saturated heterocycles. The Hall–Kier alpha value is -1.26. The Balaban J connectivity index is 2.30. The molecule has 0 bridgehead atoms. The highest BCUT2D eigenvalue weighted by Crippen LogP contribution is 2.27.